The van der Waals surface area contributed by atoms with Crippen LogP contribution in [0.5, 0.6) is 0 Å². The molecule has 4 rings (SSSR count). The maximum Gasteiger partial charge on any atom is 0.310 e. The lowest BCUT2D eigenvalue weighted by molar-refractivity contribution is -0.151. The van der Waals surface area contributed by atoms with Gasteiger partial charge in [0.2, 0.25) is 5.91 Å². The van der Waals surface area contributed by atoms with Gasteiger partial charge in [0.05, 0.1) is 12.5 Å². The molecule has 5 nitrogen and oxygen atoms in total. The topological polar surface area (TPSA) is 62.4 Å². The molecule has 1 saturated heterocycles. The van der Waals surface area contributed by atoms with E-state index in [1.54, 1.807) is 11.8 Å². The van der Waals surface area contributed by atoms with Crippen LogP contribution in [-0.2, 0) is 20.7 Å². The summed E-state index contributed by atoms with van der Waals surface area (Å²) < 4.78 is 33.8. The van der Waals surface area contributed by atoms with Crippen molar-refractivity contribution < 1.29 is 23.1 Å². The van der Waals surface area contributed by atoms with E-state index in [2.05, 4.69) is 11.9 Å². The Morgan fingerprint density at radius 1 is 1.18 bits per heavy atom. The molecule has 2 atom stereocenters. The van der Waals surface area contributed by atoms with Gasteiger partial charge in [0.15, 0.2) is 0 Å². The van der Waals surface area contributed by atoms with Gasteiger partial charge in [-0.05, 0) is 48.9 Å². The van der Waals surface area contributed by atoms with Crippen molar-refractivity contribution in [3.8, 4) is 0 Å². The van der Waals surface area contributed by atoms with Crippen LogP contribution in [-0.4, -0.2) is 41.5 Å². The SMILES string of the molecule is CCOC(=O)C1CCCN(C(=O)CC(c2ccc(F)cc2F)c2c[nH]c3c(CC)cccc23)C1. The van der Waals surface area contributed by atoms with Gasteiger partial charge < -0.3 is 14.6 Å². The Balaban J connectivity index is 1.67. The Morgan fingerprint density at radius 3 is 2.74 bits per heavy atom. The summed E-state index contributed by atoms with van der Waals surface area (Å²) in [7, 11) is 0. The number of carbonyl (C=O) groups is 2. The van der Waals surface area contributed by atoms with Gasteiger partial charge in [-0.15, -0.1) is 0 Å². The predicted molar refractivity (Wildman–Crippen MR) is 126 cm³/mol. The summed E-state index contributed by atoms with van der Waals surface area (Å²) in [4.78, 5) is 30.6. The van der Waals surface area contributed by atoms with Crippen molar-refractivity contribution in [1.82, 2.24) is 9.88 Å². The highest BCUT2D eigenvalue weighted by Crippen LogP contribution is 2.36. The maximum absolute atomic E-state index is 14.9. The van der Waals surface area contributed by atoms with Crippen LogP contribution in [0.3, 0.4) is 0 Å². The number of aryl methyl sites for hydroxylation is 1. The van der Waals surface area contributed by atoms with Gasteiger partial charge in [0, 0.05) is 48.6 Å². The number of carbonyl (C=O) groups excluding carboxylic acids is 2. The third-order valence-electron chi connectivity index (χ3n) is 6.70. The number of para-hydroxylation sites is 1. The van der Waals surface area contributed by atoms with E-state index in [9.17, 15) is 18.4 Å². The number of hydrogen-bond donors (Lipinski definition) is 1. The summed E-state index contributed by atoms with van der Waals surface area (Å²) in [5, 5.41) is 0.920. The van der Waals surface area contributed by atoms with Crippen molar-refractivity contribution in [1.29, 1.82) is 0 Å². The second-order valence-electron chi connectivity index (χ2n) is 8.79. The number of H-pyrrole nitrogens is 1. The van der Waals surface area contributed by atoms with Gasteiger partial charge in [0.25, 0.3) is 0 Å². The molecule has 0 radical (unpaired) electrons. The fourth-order valence-electron chi connectivity index (χ4n) is 4.95. The van der Waals surface area contributed by atoms with Gasteiger partial charge >= 0.3 is 5.97 Å². The molecule has 34 heavy (non-hydrogen) atoms. The van der Waals surface area contributed by atoms with Crippen LogP contribution >= 0.6 is 0 Å². The van der Waals surface area contributed by atoms with Gasteiger partial charge in [0.1, 0.15) is 11.6 Å². The van der Waals surface area contributed by atoms with Crippen molar-refractivity contribution in [3.05, 3.63) is 70.9 Å². The number of halogens is 2. The van der Waals surface area contributed by atoms with Crippen LogP contribution in [0.1, 0.15) is 55.7 Å². The largest absolute Gasteiger partial charge is 0.466 e. The van der Waals surface area contributed by atoms with E-state index in [-0.39, 0.29) is 29.8 Å². The summed E-state index contributed by atoms with van der Waals surface area (Å²) >= 11 is 0. The molecule has 7 heteroatoms. The number of aromatic amines is 1. The molecule has 0 spiro atoms. The summed E-state index contributed by atoms with van der Waals surface area (Å²) in [6.07, 6.45) is 4.05. The number of amides is 1. The molecule has 0 aliphatic carbocycles. The second-order valence-corrected chi connectivity index (χ2v) is 8.79. The lowest BCUT2D eigenvalue weighted by Crippen LogP contribution is -2.43. The van der Waals surface area contributed by atoms with Crippen molar-refractivity contribution in [3.63, 3.8) is 0 Å². The number of ether oxygens (including phenoxy) is 1. The molecular formula is C27H30F2N2O3. The zero-order chi connectivity index (χ0) is 24.2. The van der Waals surface area contributed by atoms with E-state index in [4.69, 9.17) is 4.74 Å². The molecule has 2 aromatic carbocycles. The molecule has 180 valence electrons. The van der Waals surface area contributed by atoms with Crippen molar-refractivity contribution in [2.75, 3.05) is 19.7 Å². The van der Waals surface area contributed by atoms with E-state index in [1.165, 1.54) is 12.1 Å². The summed E-state index contributed by atoms with van der Waals surface area (Å²) in [6, 6.07) is 9.44. The first-order valence-corrected chi connectivity index (χ1v) is 11.9. The first kappa shape index (κ1) is 23.9. The van der Waals surface area contributed by atoms with Crippen molar-refractivity contribution in [2.45, 2.75) is 45.4 Å². The highest BCUT2D eigenvalue weighted by Gasteiger charge is 2.32. The van der Waals surface area contributed by atoms with Crippen molar-refractivity contribution >= 4 is 22.8 Å². The monoisotopic (exact) mass is 468 g/mol. The highest BCUT2D eigenvalue weighted by atomic mass is 19.1. The normalized spacial score (nSPS) is 17.1. The van der Waals surface area contributed by atoms with E-state index in [0.29, 0.717) is 32.5 Å². The minimum absolute atomic E-state index is 0.0153. The first-order valence-electron chi connectivity index (χ1n) is 11.9. The number of esters is 1. The average molecular weight is 469 g/mol. The van der Waals surface area contributed by atoms with E-state index < -0.39 is 17.6 Å². The Kier molecular flexibility index (Phi) is 7.29. The maximum atomic E-state index is 14.9. The Morgan fingerprint density at radius 2 is 2.00 bits per heavy atom. The molecule has 2 unspecified atom stereocenters. The number of rotatable bonds is 7. The molecule has 1 aliphatic rings. The van der Waals surface area contributed by atoms with E-state index >= 15 is 0 Å². The van der Waals surface area contributed by atoms with E-state index in [0.717, 1.165) is 34.5 Å². The third kappa shape index (κ3) is 4.83. The van der Waals surface area contributed by atoms with Crippen LogP contribution in [0.25, 0.3) is 10.9 Å². The smallest absolute Gasteiger partial charge is 0.310 e. The van der Waals surface area contributed by atoms with Gasteiger partial charge in [-0.3, -0.25) is 9.59 Å². The van der Waals surface area contributed by atoms with E-state index in [1.807, 2.05) is 24.4 Å². The van der Waals surface area contributed by atoms with Crippen LogP contribution in [0.4, 0.5) is 8.78 Å². The molecule has 1 fully saturated rings. The molecule has 0 bridgehead atoms. The lowest BCUT2D eigenvalue weighted by Gasteiger charge is -2.32. The summed E-state index contributed by atoms with van der Waals surface area (Å²) in [5.74, 6) is -2.74. The van der Waals surface area contributed by atoms with Crippen LogP contribution < -0.4 is 0 Å². The van der Waals surface area contributed by atoms with Gasteiger partial charge in [-0.25, -0.2) is 8.78 Å². The number of hydrogen-bond acceptors (Lipinski definition) is 3. The Bertz CT molecular complexity index is 1190. The average Bonchev–Trinajstić information content (AvgIpc) is 3.27. The molecule has 1 aliphatic heterocycles. The standard InChI is InChI=1S/C27H30F2N2O3/c1-3-17-7-5-9-21-23(15-30-26(17)21)22(20-11-10-19(28)13-24(20)29)14-25(32)31-12-6-8-18(16-31)27(33)34-4-2/h5,7,9-11,13,15,18,22,30H,3-4,6,8,12,14,16H2,1-2H3. The number of aromatic nitrogens is 1. The fraction of sp³-hybridized carbons (Fsp3) is 0.407. The molecule has 3 aromatic rings. The molecule has 2 heterocycles. The molecule has 1 aromatic heterocycles. The predicted octanol–water partition coefficient (Wildman–Crippen LogP) is 5.33. The summed E-state index contributed by atoms with van der Waals surface area (Å²) in [6.45, 7) is 4.96. The summed E-state index contributed by atoms with van der Waals surface area (Å²) in [5.41, 5.74) is 3.15. The quantitative estimate of drug-likeness (QED) is 0.477. The molecule has 1 N–H and O–H groups in total. The molecule has 1 amide bonds. The zero-order valence-corrected chi connectivity index (χ0v) is 19.6. The van der Waals surface area contributed by atoms with Crippen molar-refractivity contribution in [2.24, 2.45) is 5.92 Å². The number of nitrogens with one attached hydrogen (secondary N) is 1. The van der Waals surface area contributed by atoms with Crippen LogP contribution in [0.2, 0.25) is 0 Å². The van der Waals surface area contributed by atoms with Gasteiger partial charge in [-0.1, -0.05) is 31.2 Å². The highest BCUT2D eigenvalue weighted by molar-refractivity contribution is 5.88. The number of likely N-dealkylation sites (tertiary alicyclic amines) is 1. The minimum atomic E-state index is -0.679. The fourth-order valence-corrected chi connectivity index (χ4v) is 4.95. The molecular weight excluding hydrogens is 438 g/mol. The number of benzene rings is 2. The first-order chi connectivity index (χ1) is 16.4. The second kappa shape index (κ2) is 10.4. The number of fused-ring (bicyclic) bond motifs is 1. The minimum Gasteiger partial charge on any atom is -0.466 e. The zero-order valence-electron chi connectivity index (χ0n) is 19.6. The van der Waals surface area contributed by atoms with Crippen LogP contribution in [0, 0.1) is 17.6 Å². The van der Waals surface area contributed by atoms with Gasteiger partial charge in [-0.2, -0.15) is 0 Å². The number of piperidine rings is 1. The lowest BCUT2D eigenvalue weighted by atomic mass is 9.86. The Labute approximate surface area is 198 Å². The molecule has 0 saturated carbocycles. The number of nitrogens with zero attached hydrogens (tertiary/aromatic N) is 1. The Hall–Kier alpha value is -3.22. The van der Waals surface area contributed by atoms with Crippen LogP contribution in [0.15, 0.2) is 42.6 Å². The third-order valence-corrected chi connectivity index (χ3v) is 6.70.